The van der Waals surface area contributed by atoms with Crippen LogP contribution in [0.25, 0.3) is 11.3 Å². The van der Waals surface area contributed by atoms with Crippen LogP contribution in [0.2, 0.25) is 0 Å². The summed E-state index contributed by atoms with van der Waals surface area (Å²) in [6.45, 7) is 4.53. The zero-order chi connectivity index (χ0) is 52.8. The Kier molecular flexibility index (Phi) is 20.9. The Balaban J connectivity index is 1.16. The molecule has 5 unspecified atom stereocenters. The number of hydrogen-bond donors (Lipinski definition) is 3. The van der Waals surface area contributed by atoms with Crippen LogP contribution >= 0.6 is 0 Å². The van der Waals surface area contributed by atoms with Gasteiger partial charge in [0.05, 0.1) is 36.5 Å². The quantitative estimate of drug-likeness (QED) is 0.0106. The summed E-state index contributed by atoms with van der Waals surface area (Å²) in [6, 6.07) is 31.6. The number of esters is 3. The van der Waals surface area contributed by atoms with Gasteiger partial charge < -0.3 is 44.2 Å². The Morgan fingerprint density at radius 1 is 0.730 bits per heavy atom. The highest BCUT2D eigenvalue weighted by Crippen LogP contribution is 2.39. The van der Waals surface area contributed by atoms with Crippen molar-refractivity contribution in [3.63, 3.8) is 0 Å². The highest BCUT2D eigenvalue weighted by Gasteiger charge is 2.43. The van der Waals surface area contributed by atoms with Crippen LogP contribution in [0.15, 0.2) is 126 Å². The first-order chi connectivity index (χ1) is 35.9. The van der Waals surface area contributed by atoms with E-state index in [9.17, 15) is 38.4 Å². The summed E-state index contributed by atoms with van der Waals surface area (Å²) in [5, 5.41) is 8.85. The molecule has 6 rings (SSSR count). The van der Waals surface area contributed by atoms with E-state index in [-0.39, 0.29) is 61.2 Å². The second-order valence-electron chi connectivity index (χ2n) is 17.8. The molecular weight excluding hydrogens is 953 g/mol. The van der Waals surface area contributed by atoms with Crippen LogP contribution in [0.4, 0.5) is 0 Å². The molecule has 0 bridgehead atoms. The van der Waals surface area contributed by atoms with Gasteiger partial charge >= 0.3 is 23.9 Å². The fourth-order valence-electron chi connectivity index (χ4n) is 7.91. The predicted molar refractivity (Wildman–Crippen MR) is 268 cm³/mol. The van der Waals surface area contributed by atoms with Gasteiger partial charge in [0.1, 0.15) is 37.4 Å². The molecule has 5 aromatic rings. The minimum absolute atomic E-state index is 0.0427. The van der Waals surface area contributed by atoms with Crippen molar-refractivity contribution in [2.45, 2.75) is 97.6 Å². The highest BCUT2D eigenvalue weighted by atomic mass is 16.7. The second kappa shape index (κ2) is 28.1. The summed E-state index contributed by atoms with van der Waals surface area (Å²) in [7, 11) is 0. The molecule has 4 aromatic carbocycles. The van der Waals surface area contributed by atoms with E-state index < -0.39 is 72.6 Å². The summed E-state index contributed by atoms with van der Waals surface area (Å²) < 4.78 is 28.2. The van der Waals surface area contributed by atoms with Crippen LogP contribution in [-0.4, -0.2) is 78.4 Å². The molecule has 1 saturated carbocycles. The van der Waals surface area contributed by atoms with Crippen LogP contribution in [0, 0.1) is 17.8 Å². The molecule has 1 aromatic heterocycles. The van der Waals surface area contributed by atoms with E-state index in [4.69, 9.17) is 28.2 Å². The number of carbonyl (C=O) groups excluding carboxylic acids is 8. The van der Waals surface area contributed by atoms with Crippen LogP contribution < -0.4 is 20.7 Å². The van der Waals surface area contributed by atoms with Gasteiger partial charge in [0, 0.05) is 5.56 Å². The molecule has 0 spiro atoms. The lowest BCUT2D eigenvalue weighted by Crippen LogP contribution is -2.49. The number of nitrogens with zero attached hydrogens (tertiary/aromatic N) is 1. The molecule has 18 nitrogen and oxygen atoms in total. The van der Waals surface area contributed by atoms with E-state index in [1.807, 2.05) is 26.0 Å². The summed E-state index contributed by atoms with van der Waals surface area (Å²) in [5.41, 5.74) is 2.28. The monoisotopic (exact) mass is 1010 g/mol. The highest BCUT2D eigenvalue weighted by molar-refractivity contribution is 6.00. The zero-order valence-corrected chi connectivity index (χ0v) is 41.7. The Hall–Kier alpha value is -8.28. The average Bonchev–Trinajstić information content (AvgIpc) is 3.95. The third-order valence-electron chi connectivity index (χ3n) is 12.2. The summed E-state index contributed by atoms with van der Waals surface area (Å²) in [6.07, 6.45) is 3.65. The lowest BCUT2D eigenvalue weighted by molar-refractivity contribution is -0.205. The number of carbonyl (C=O) groups is 8. The zero-order valence-electron chi connectivity index (χ0n) is 41.7. The van der Waals surface area contributed by atoms with Crippen LogP contribution in [0.5, 0.6) is 5.75 Å². The van der Waals surface area contributed by atoms with Gasteiger partial charge in [-0.1, -0.05) is 137 Å². The van der Waals surface area contributed by atoms with E-state index in [2.05, 4.69) is 16.0 Å². The van der Waals surface area contributed by atoms with Crippen molar-refractivity contribution in [2.75, 3.05) is 13.3 Å². The number of benzene rings is 4. The van der Waals surface area contributed by atoms with Gasteiger partial charge in [-0.05, 0) is 66.1 Å². The van der Waals surface area contributed by atoms with Gasteiger partial charge in [-0.25, -0.2) is 14.4 Å². The Morgan fingerprint density at radius 3 is 1.92 bits per heavy atom. The largest absolute Gasteiger partial charge is 0.481 e. The SMILES string of the molecule is CCCCCC(C(=O)NCNC(=O)c1ccc(-c2ccc(C(=O)NC(CC(=O)OCc3ccccc3)C(=O)OCc3ccccc3)c(OCC(=O)OCc3ccccc3)c2)o1)C(CC)N(C=O)OC(=O)C1CC1C. The predicted octanol–water partition coefficient (Wildman–Crippen LogP) is 7.40. The average molecular weight is 1020 g/mol. The van der Waals surface area contributed by atoms with Gasteiger partial charge in [0.2, 0.25) is 12.3 Å². The Labute approximate surface area is 429 Å². The third kappa shape index (κ3) is 16.6. The van der Waals surface area contributed by atoms with Crippen molar-refractivity contribution >= 4 is 48.0 Å². The summed E-state index contributed by atoms with van der Waals surface area (Å²) in [5.74, 6) is -5.99. The molecule has 1 aliphatic carbocycles. The maximum atomic E-state index is 14.1. The number of amides is 4. The molecule has 18 heteroatoms. The number of rotatable bonds is 29. The molecule has 1 fully saturated rings. The van der Waals surface area contributed by atoms with Crippen molar-refractivity contribution in [3.05, 3.63) is 149 Å². The molecule has 3 N–H and O–H groups in total. The number of unbranched alkanes of at least 4 members (excludes halogenated alkanes) is 2. The smallest absolute Gasteiger partial charge is 0.344 e. The number of hydrogen-bond acceptors (Lipinski definition) is 14. The standard InChI is InChI=1S/C56H62N4O14/c1-4-6-10-23-42(46(5-2)60(36-61)74-55(67)44-28-37(44)3)52(64)57-35-58-54(66)48-27-26-47(73-48)41-24-25-43(49(29-41)69-34-51(63)71-32-39-19-13-8-14-20-39)53(65)59-45(56(68)72-33-40-21-15-9-16-22-40)30-50(62)70-31-38-17-11-7-12-18-38/h7-9,11-22,24-27,29,36-37,42,44-46H,4-6,10,23,28,30-35H2,1-3H3,(H,57,64)(H,58,66)(H,59,65). The van der Waals surface area contributed by atoms with E-state index in [0.717, 1.165) is 23.5 Å². The molecule has 1 aliphatic rings. The summed E-state index contributed by atoms with van der Waals surface area (Å²) >= 11 is 0. The van der Waals surface area contributed by atoms with E-state index in [0.29, 0.717) is 48.8 Å². The lowest BCUT2D eigenvalue weighted by atomic mass is 9.90. The minimum atomic E-state index is -1.51. The first-order valence-corrected chi connectivity index (χ1v) is 24.7. The number of furan rings is 1. The van der Waals surface area contributed by atoms with Gasteiger partial charge in [-0.3, -0.25) is 24.0 Å². The molecule has 5 atom stereocenters. The third-order valence-corrected chi connectivity index (χ3v) is 12.2. The van der Waals surface area contributed by atoms with Crippen molar-refractivity contribution in [1.29, 1.82) is 0 Å². The van der Waals surface area contributed by atoms with Crippen molar-refractivity contribution in [3.8, 4) is 17.1 Å². The fourth-order valence-corrected chi connectivity index (χ4v) is 7.91. The van der Waals surface area contributed by atoms with Crippen LogP contribution in [-0.2, 0) is 67.6 Å². The molecule has 74 heavy (non-hydrogen) atoms. The van der Waals surface area contributed by atoms with Gasteiger partial charge in [-0.15, -0.1) is 0 Å². The summed E-state index contributed by atoms with van der Waals surface area (Å²) in [4.78, 5) is 111. The molecular formula is C56H62N4O14. The molecule has 1 heterocycles. The first-order valence-electron chi connectivity index (χ1n) is 24.7. The van der Waals surface area contributed by atoms with Gasteiger partial charge in [-0.2, -0.15) is 5.06 Å². The van der Waals surface area contributed by atoms with Crippen molar-refractivity contribution < 1.29 is 66.6 Å². The number of nitrogens with one attached hydrogen (secondary N) is 3. The molecule has 0 aliphatic heterocycles. The van der Waals surface area contributed by atoms with Crippen LogP contribution in [0.3, 0.4) is 0 Å². The van der Waals surface area contributed by atoms with Crippen LogP contribution in [0.1, 0.15) is 103 Å². The van der Waals surface area contributed by atoms with Gasteiger partial charge in [0.25, 0.3) is 11.8 Å². The first kappa shape index (κ1) is 55.0. The van der Waals surface area contributed by atoms with Gasteiger partial charge in [0.15, 0.2) is 12.4 Å². The number of ether oxygens (including phenoxy) is 4. The topological polar surface area (TPSA) is 235 Å². The Bertz CT molecular complexity index is 2680. The molecule has 4 amide bonds. The minimum Gasteiger partial charge on any atom is -0.481 e. The maximum absolute atomic E-state index is 14.1. The fraction of sp³-hybridized carbons (Fsp3) is 0.357. The molecule has 0 saturated heterocycles. The number of hydroxylamine groups is 2. The normalized spacial score (nSPS) is 14.7. The van der Waals surface area contributed by atoms with E-state index in [1.54, 1.807) is 85.8 Å². The van der Waals surface area contributed by atoms with E-state index >= 15 is 0 Å². The second-order valence-corrected chi connectivity index (χ2v) is 17.8. The Morgan fingerprint density at radius 2 is 1.34 bits per heavy atom. The maximum Gasteiger partial charge on any atom is 0.344 e. The molecule has 390 valence electrons. The van der Waals surface area contributed by atoms with E-state index in [1.165, 1.54) is 30.3 Å². The molecule has 0 radical (unpaired) electrons. The van der Waals surface area contributed by atoms with Crippen molar-refractivity contribution in [2.24, 2.45) is 17.8 Å². The lowest BCUT2D eigenvalue weighted by Gasteiger charge is -2.31. The van der Waals surface area contributed by atoms with Crippen molar-refractivity contribution in [1.82, 2.24) is 21.0 Å².